The van der Waals surface area contributed by atoms with Crippen molar-refractivity contribution in [3.8, 4) is 23.3 Å². The molecule has 2 heterocycles. The van der Waals surface area contributed by atoms with E-state index < -0.39 is 0 Å². The van der Waals surface area contributed by atoms with E-state index in [9.17, 15) is 0 Å². The van der Waals surface area contributed by atoms with Crippen LogP contribution in [-0.4, -0.2) is 26.9 Å². The van der Waals surface area contributed by atoms with Gasteiger partial charge in [0.25, 0.3) is 0 Å². The molecule has 1 aromatic carbocycles. The molecule has 0 aliphatic carbocycles. The minimum atomic E-state index is 0.377. The van der Waals surface area contributed by atoms with Gasteiger partial charge in [0.15, 0.2) is 0 Å². The summed E-state index contributed by atoms with van der Waals surface area (Å²) in [6.45, 7) is 3.76. The van der Waals surface area contributed by atoms with E-state index in [1.165, 1.54) is 0 Å². The third-order valence-electron chi connectivity index (χ3n) is 3.19. The summed E-state index contributed by atoms with van der Waals surface area (Å²) in [5.41, 5.74) is 1.95. The lowest BCUT2D eigenvalue weighted by Gasteiger charge is -2.07. The van der Waals surface area contributed by atoms with Crippen LogP contribution in [0.3, 0.4) is 0 Å². The number of rotatable bonds is 4. The Morgan fingerprint density at radius 3 is 2.57 bits per heavy atom. The number of aromatic nitrogens is 4. The maximum atomic E-state index is 6.05. The van der Waals surface area contributed by atoms with Crippen LogP contribution in [0.15, 0.2) is 36.5 Å². The third-order valence-corrected chi connectivity index (χ3v) is 3.43. The SMILES string of the molecule is COc1cc(Oc2ccn(-c3cc(Cl)ccc3C)n2)nc(C)n1. The molecule has 0 aliphatic rings. The highest BCUT2D eigenvalue weighted by molar-refractivity contribution is 6.30. The summed E-state index contributed by atoms with van der Waals surface area (Å²) in [5, 5.41) is 5.05. The number of halogens is 1. The second-order valence-corrected chi connectivity index (χ2v) is 5.36. The van der Waals surface area contributed by atoms with Gasteiger partial charge in [-0.05, 0) is 31.5 Å². The van der Waals surface area contributed by atoms with Crippen LogP contribution >= 0.6 is 11.6 Å². The first kappa shape index (κ1) is 15.3. The Morgan fingerprint density at radius 2 is 1.78 bits per heavy atom. The maximum Gasteiger partial charge on any atom is 0.240 e. The highest BCUT2D eigenvalue weighted by atomic mass is 35.5. The maximum absolute atomic E-state index is 6.05. The fourth-order valence-electron chi connectivity index (χ4n) is 2.10. The van der Waals surface area contributed by atoms with E-state index in [1.54, 1.807) is 37.0 Å². The Hall–Kier alpha value is -2.60. The predicted molar refractivity (Wildman–Crippen MR) is 86.7 cm³/mol. The number of benzene rings is 1. The first-order valence-corrected chi connectivity index (χ1v) is 7.32. The van der Waals surface area contributed by atoms with Crippen LogP contribution in [-0.2, 0) is 0 Å². The Bertz CT molecular complexity index is 848. The monoisotopic (exact) mass is 330 g/mol. The first-order chi connectivity index (χ1) is 11.0. The molecule has 3 rings (SSSR count). The van der Waals surface area contributed by atoms with E-state index in [2.05, 4.69) is 15.1 Å². The van der Waals surface area contributed by atoms with Crippen molar-refractivity contribution in [2.24, 2.45) is 0 Å². The van der Waals surface area contributed by atoms with Gasteiger partial charge in [0.05, 0.1) is 18.9 Å². The van der Waals surface area contributed by atoms with Gasteiger partial charge in [0.2, 0.25) is 17.6 Å². The van der Waals surface area contributed by atoms with Crippen molar-refractivity contribution in [1.29, 1.82) is 0 Å². The number of aryl methyl sites for hydroxylation is 2. The van der Waals surface area contributed by atoms with Crippen molar-refractivity contribution in [3.63, 3.8) is 0 Å². The summed E-state index contributed by atoms with van der Waals surface area (Å²) in [4.78, 5) is 8.32. The summed E-state index contributed by atoms with van der Waals surface area (Å²) >= 11 is 6.05. The Balaban J connectivity index is 1.88. The highest BCUT2D eigenvalue weighted by Gasteiger charge is 2.09. The first-order valence-electron chi connectivity index (χ1n) is 6.95. The lowest BCUT2D eigenvalue weighted by Crippen LogP contribution is -1.99. The lowest BCUT2D eigenvalue weighted by atomic mass is 10.2. The normalized spacial score (nSPS) is 10.6. The van der Waals surface area contributed by atoms with E-state index in [0.29, 0.717) is 28.5 Å². The molecule has 118 valence electrons. The number of hydrogen-bond donors (Lipinski definition) is 0. The molecule has 0 aliphatic heterocycles. The van der Waals surface area contributed by atoms with Gasteiger partial charge in [-0.1, -0.05) is 17.7 Å². The van der Waals surface area contributed by atoms with Crippen LogP contribution in [0.4, 0.5) is 0 Å². The molecule has 3 aromatic rings. The van der Waals surface area contributed by atoms with E-state index in [-0.39, 0.29) is 0 Å². The van der Waals surface area contributed by atoms with Crippen LogP contribution in [0.1, 0.15) is 11.4 Å². The van der Waals surface area contributed by atoms with Crippen molar-refractivity contribution >= 4 is 11.6 Å². The number of nitrogens with zero attached hydrogens (tertiary/aromatic N) is 4. The van der Waals surface area contributed by atoms with Crippen LogP contribution < -0.4 is 9.47 Å². The quantitative estimate of drug-likeness (QED) is 0.729. The average molecular weight is 331 g/mol. The zero-order chi connectivity index (χ0) is 16.4. The zero-order valence-corrected chi connectivity index (χ0v) is 13.7. The molecule has 0 fully saturated rings. The molecular formula is C16H15ClN4O2. The standard InChI is InChI=1S/C16H15ClN4O2/c1-10-4-5-12(17)8-13(10)21-7-6-14(20-21)23-16-9-15(22-3)18-11(2)19-16/h4-9H,1-3H3. The van der Waals surface area contributed by atoms with Gasteiger partial charge in [-0.15, -0.1) is 5.10 Å². The summed E-state index contributed by atoms with van der Waals surface area (Å²) in [7, 11) is 1.54. The van der Waals surface area contributed by atoms with Gasteiger partial charge < -0.3 is 9.47 Å². The Labute approximate surface area is 138 Å². The summed E-state index contributed by atoms with van der Waals surface area (Å²) in [6, 6.07) is 9.00. The fourth-order valence-corrected chi connectivity index (χ4v) is 2.27. The average Bonchev–Trinajstić information content (AvgIpc) is 2.97. The van der Waals surface area contributed by atoms with Crippen molar-refractivity contribution in [2.45, 2.75) is 13.8 Å². The molecule has 0 unspecified atom stereocenters. The van der Waals surface area contributed by atoms with Crippen molar-refractivity contribution < 1.29 is 9.47 Å². The smallest absolute Gasteiger partial charge is 0.240 e. The van der Waals surface area contributed by atoms with Gasteiger partial charge in [0.1, 0.15) is 5.82 Å². The van der Waals surface area contributed by atoms with E-state index in [4.69, 9.17) is 21.1 Å². The van der Waals surface area contributed by atoms with Crippen LogP contribution in [0.5, 0.6) is 17.6 Å². The second-order valence-electron chi connectivity index (χ2n) is 4.93. The zero-order valence-electron chi connectivity index (χ0n) is 12.9. The Morgan fingerprint density at radius 1 is 1.00 bits per heavy atom. The minimum Gasteiger partial charge on any atom is -0.481 e. The molecular weight excluding hydrogens is 316 g/mol. The van der Waals surface area contributed by atoms with Gasteiger partial charge in [-0.25, -0.2) is 4.68 Å². The number of ether oxygens (including phenoxy) is 2. The third kappa shape index (κ3) is 3.43. The summed E-state index contributed by atoms with van der Waals surface area (Å²) in [6.07, 6.45) is 1.80. The van der Waals surface area contributed by atoms with Crippen molar-refractivity contribution in [3.05, 3.63) is 52.9 Å². The number of methoxy groups -OCH3 is 1. The van der Waals surface area contributed by atoms with Gasteiger partial charge in [0, 0.05) is 17.3 Å². The molecule has 7 heteroatoms. The molecule has 0 atom stereocenters. The molecule has 23 heavy (non-hydrogen) atoms. The van der Waals surface area contributed by atoms with E-state index in [1.807, 2.05) is 25.1 Å². The molecule has 6 nitrogen and oxygen atoms in total. The van der Waals surface area contributed by atoms with E-state index >= 15 is 0 Å². The number of hydrogen-bond acceptors (Lipinski definition) is 5. The summed E-state index contributed by atoms with van der Waals surface area (Å²) < 4.78 is 12.5. The summed E-state index contributed by atoms with van der Waals surface area (Å²) in [5.74, 6) is 1.80. The molecule has 0 N–H and O–H groups in total. The highest BCUT2D eigenvalue weighted by Crippen LogP contribution is 2.24. The topological polar surface area (TPSA) is 62.1 Å². The van der Waals surface area contributed by atoms with Crippen LogP contribution in [0, 0.1) is 13.8 Å². The molecule has 0 saturated carbocycles. The van der Waals surface area contributed by atoms with Crippen LogP contribution in [0.25, 0.3) is 5.69 Å². The molecule has 0 saturated heterocycles. The molecule has 2 aromatic heterocycles. The predicted octanol–water partition coefficient (Wildman–Crippen LogP) is 3.73. The van der Waals surface area contributed by atoms with E-state index in [0.717, 1.165) is 11.3 Å². The minimum absolute atomic E-state index is 0.377. The molecule has 0 bridgehead atoms. The molecule has 0 amide bonds. The van der Waals surface area contributed by atoms with Gasteiger partial charge in [-0.3, -0.25) is 0 Å². The molecule has 0 spiro atoms. The lowest BCUT2D eigenvalue weighted by molar-refractivity contribution is 0.383. The fraction of sp³-hybridized carbons (Fsp3) is 0.188. The molecule has 0 radical (unpaired) electrons. The van der Waals surface area contributed by atoms with Crippen LogP contribution in [0.2, 0.25) is 5.02 Å². The second kappa shape index (κ2) is 6.26. The largest absolute Gasteiger partial charge is 0.481 e. The van der Waals surface area contributed by atoms with Gasteiger partial charge >= 0.3 is 0 Å². The van der Waals surface area contributed by atoms with Crippen molar-refractivity contribution in [1.82, 2.24) is 19.7 Å². The van der Waals surface area contributed by atoms with Crippen molar-refractivity contribution in [2.75, 3.05) is 7.11 Å². The van der Waals surface area contributed by atoms with Gasteiger partial charge in [-0.2, -0.15) is 9.97 Å². The Kier molecular flexibility index (Phi) is 4.16.